The summed E-state index contributed by atoms with van der Waals surface area (Å²) in [6.45, 7) is 3.85. The fourth-order valence-corrected chi connectivity index (χ4v) is 4.57. The Morgan fingerprint density at radius 2 is 1.56 bits per heavy atom. The summed E-state index contributed by atoms with van der Waals surface area (Å²) in [6, 6.07) is 16.9. The molecule has 1 aliphatic heterocycles. The molecule has 0 radical (unpaired) electrons. The van der Waals surface area contributed by atoms with E-state index in [2.05, 4.69) is 67.2 Å². The van der Waals surface area contributed by atoms with E-state index in [4.69, 9.17) is 0 Å². The predicted molar refractivity (Wildman–Crippen MR) is 112 cm³/mol. The third-order valence-corrected chi connectivity index (χ3v) is 6.07. The maximum Gasteiger partial charge on any atom is 0.140 e. The van der Waals surface area contributed by atoms with Gasteiger partial charge in [0.2, 0.25) is 0 Å². The lowest BCUT2D eigenvalue weighted by molar-refractivity contribution is 0.648. The quantitative estimate of drug-likeness (QED) is 0.541. The summed E-state index contributed by atoms with van der Waals surface area (Å²) in [5, 5.41) is 1.15. The molecule has 3 aromatic heterocycles. The van der Waals surface area contributed by atoms with Gasteiger partial charge in [-0.3, -0.25) is 4.98 Å². The standard InChI is InChI=1S/C21H19N5S/c1-2-4-16(5-3-1)19-14-18-20(23-15-24-21(18)27-19)26-12-10-25(11-13-26)17-6-8-22-9-7-17/h1-9,14-15H,10-13H2. The molecular formula is C21H19N5S. The highest BCUT2D eigenvalue weighted by atomic mass is 32.1. The molecule has 0 bridgehead atoms. The smallest absolute Gasteiger partial charge is 0.140 e. The van der Waals surface area contributed by atoms with Gasteiger partial charge in [-0.1, -0.05) is 30.3 Å². The molecule has 27 heavy (non-hydrogen) atoms. The van der Waals surface area contributed by atoms with E-state index in [0.717, 1.165) is 42.2 Å². The lowest BCUT2D eigenvalue weighted by Crippen LogP contribution is -2.46. The van der Waals surface area contributed by atoms with Crippen molar-refractivity contribution in [1.82, 2.24) is 15.0 Å². The Balaban J connectivity index is 1.42. The summed E-state index contributed by atoms with van der Waals surface area (Å²) in [7, 11) is 0. The number of benzene rings is 1. The number of hydrogen-bond donors (Lipinski definition) is 0. The molecule has 6 heteroatoms. The Hall–Kier alpha value is -2.99. The average Bonchev–Trinajstić information content (AvgIpc) is 3.20. The summed E-state index contributed by atoms with van der Waals surface area (Å²) < 4.78 is 0. The van der Waals surface area contributed by atoms with Crippen LogP contribution in [0, 0.1) is 0 Å². The SMILES string of the molecule is c1ccc(-c2cc3c(N4CCN(c5ccncc5)CC4)ncnc3s2)cc1. The largest absolute Gasteiger partial charge is 0.368 e. The van der Waals surface area contributed by atoms with Gasteiger partial charge >= 0.3 is 0 Å². The van der Waals surface area contributed by atoms with E-state index in [1.807, 2.05) is 18.5 Å². The van der Waals surface area contributed by atoms with Crippen molar-refractivity contribution in [3.05, 3.63) is 67.3 Å². The number of anilines is 2. The molecule has 1 aliphatic rings. The second-order valence-electron chi connectivity index (χ2n) is 6.57. The Morgan fingerprint density at radius 1 is 0.815 bits per heavy atom. The fraction of sp³-hybridized carbons (Fsp3) is 0.190. The number of pyridine rings is 1. The number of nitrogens with zero attached hydrogens (tertiary/aromatic N) is 5. The molecule has 0 saturated carbocycles. The minimum atomic E-state index is 0.949. The van der Waals surface area contributed by atoms with Crippen LogP contribution in [0.1, 0.15) is 0 Å². The summed E-state index contributed by atoms with van der Waals surface area (Å²) in [4.78, 5) is 20.3. The zero-order valence-electron chi connectivity index (χ0n) is 14.8. The van der Waals surface area contributed by atoms with Crippen molar-refractivity contribution < 1.29 is 0 Å². The van der Waals surface area contributed by atoms with Crippen LogP contribution in [0.3, 0.4) is 0 Å². The van der Waals surface area contributed by atoms with Gasteiger partial charge < -0.3 is 9.80 Å². The normalized spacial score (nSPS) is 14.7. The predicted octanol–water partition coefficient (Wildman–Crippen LogP) is 4.08. The zero-order valence-corrected chi connectivity index (χ0v) is 15.6. The molecule has 4 aromatic rings. The molecule has 0 atom stereocenters. The number of fused-ring (bicyclic) bond motifs is 1. The molecule has 0 unspecified atom stereocenters. The second-order valence-corrected chi connectivity index (χ2v) is 7.60. The maximum absolute atomic E-state index is 4.63. The third-order valence-electron chi connectivity index (χ3n) is 4.97. The van der Waals surface area contributed by atoms with Crippen LogP contribution in [-0.2, 0) is 0 Å². The molecule has 4 heterocycles. The van der Waals surface area contributed by atoms with Crippen LogP contribution in [0.5, 0.6) is 0 Å². The van der Waals surface area contributed by atoms with Crippen LogP contribution < -0.4 is 9.80 Å². The van der Waals surface area contributed by atoms with Crippen molar-refractivity contribution in [2.24, 2.45) is 0 Å². The first-order valence-corrected chi connectivity index (χ1v) is 9.90. The van der Waals surface area contributed by atoms with Gasteiger partial charge in [0, 0.05) is 49.1 Å². The number of piperazine rings is 1. The monoisotopic (exact) mass is 373 g/mol. The molecule has 1 saturated heterocycles. The Bertz CT molecular complexity index is 1040. The third kappa shape index (κ3) is 3.13. The first-order valence-electron chi connectivity index (χ1n) is 9.08. The van der Waals surface area contributed by atoms with Crippen molar-refractivity contribution in [2.45, 2.75) is 0 Å². The van der Waals surface area contributed by atoms with E-state index >= 15 is 0 Å². The first kappa shape index (κ1) is 16.2. The van der Waals surface area contributed by atoms with Gasteiger partial charge in [0.15, 0.2) is 0 Å². The summed E-state index contributed by atoms with van der Waals surface area (Å²) in [6.07, 6.45) is 5.40. The van der Waals surface area contributed by atoms with Gasteiger partial charge in [-0.05, 0) is 23.8 Å². The van der Waals surface area contributed by atoms with Gasteiger partial charge in [0.05, 0.1) is 5.39 Å². The molecule has 5 nitrogen and oxygen atoms in total. The fourth-order valence-electron chi connectivity index (χ4n) is 3.57. The summed E-state index contributed by atoms with van der Waals surface area (Å²) >= 11 is 1.73. The van der Waals surface area contributed by atoms with Crippen LogP contribution >= 0.6 is 11.3 Å². The molecule has 134 valence electrons. The van der Waals surface area contributed by atoms with Crippen LogP contribution in [0.4, 0.5) is 11.5 Å². The topological polar surface area (TPSA) is 45.2 Å². The van der Waals surface area contributed by atoms with E-state index in [1.165, 1.54) is 16.1 Å². The number of rotatable bonds is 3. The first-order chi connectivity index (χ1) is 13.4. The maximum atomic E-state index is 4.63. The van der Waals surface area contributed by atoms with Crippen molar-refractivity contribution in [3.8, 4) is 10.4 Å². The highest BCUT2D eigenvalue weighted by Crippen LogP contribution is 2.36. The molecule has 0 aliphatic carbocycles. The Kier molecular flexibility index (Phi) is 4.18. The highest BCUT2D eigenvalue weighted by molar-refractivity contribution is 7.21. The number of hydrogen-bond acceptors (Lipinski definition) is 6. The highest BCUT2D eigenvalue weighted by Gasteiger charge is 2.21. The molecule has 1 fully saturated rings. The minimum Gasteiger partial charge on any atom is -0.368 e. The Morgan fingerprint density at radius 3 is 2.33 bits per heavy atom. The van der Waals surface area contributed by atoms with E-state index in [9.17, 15) is 0 Å². The second kappa shape index (κ2) is 6.96. The average molecular weight is 373 g/mol. The van der Waals surface area contributed by atoms with Crippen molar-refractivity contribution >= 4 is 33.1 Å². The number of aromatic nitrogens is 3. The van der Waals surface area contributed by atoms with Crippen LogP contribution in [0.15, 0.2) is 67.3 Å². The minimum absolute atomic E-state index is 0.949. The van der Waals surface area contributed by atoms with Gasteiger partial charge in [-0.25, -0.2) is 9.97 Å². The van der Waals surface area contributed by atoms with E-state index in [-0.39, 0.29) is 0 Å². The van der Waals surface area contributed by atoms with Crippen molar-refractivity contribution in [1.29, 1.82) is 0 Å². The summed E-state index contributed by atoms with van der Waals surface area (Å²) in [5.74, 6) is 1.05. The van der Waals surface area contributed by atoms with E-state index in [0.29, 0.717) is 0 Å². The van der Waals surface area contributed by atoms with Gasteiger partial charge in [0.25, 0.3) is 0 Å². The molecular weight excluding hydrogens is 354 g/mol. The van der Waals surface area contributed by atoms with Crippen LogP contribution in [-0.4, -0.2) is 41.1 Å². The zero-order chi connectivity index (χ0) is 18.1. The Labute approximate surface area is 162 Å². The van der Waals surface area contributed by atoms with Crippen LogP contribution in [0.2, 0.25) is 0 Å². The molecule has 0 amide bonds. The molecule has 0 spiro atoms. The lowest BCUT2D eigenvalue weighted by atomic mass is 10.2. The molecule has 1 aromatic carbocycles. The van der Waals surface area contributed by atoms with Crippen LogP contribution in [0.25, 0.3) is 20.7 Å². The molecule has 0 N–H and O–H groups in total. The molecule has 5 rings (SSSR count). The van der Waals surface area contributed by atoms with Gasteiger partial charge in [0.1, 0.15) is 17.0 Å². The van der Waals surface area contributed by atoms with E-state index in [1.54, 1.807) is 17.7 Å². The van der Waals surface area contributed by atoms with Crippen molar-refractivity contribution in [2.75, 3.05) is 36.0 Å². The lowest BCUT2D eigenvalue weighted by Gasteiger charge is -2.36. The van der Waals surface area contributed by atoms with Gasteiger partial charge in [-0.15, -0.1) is 11.3 Å². The van der Waals surface area contributed by atoms with Gasteiger partial charge in [-0.2, -0.15) is 0 Å². The summed E-state index contributed by atoms with van der Waals surface area (Å²) in [5.41, 5.74) is 2.47. The van der Waals surface area contributed by atoms with E-state index < -0.39 is 0 Å². The van der Waals surface area contributed by atoms with Crippen molar-refractivity contribution in [3.63, 3.8) is 0 Å². The number of thiophene rings is 1.